The zero-order chi connectivity index (χ0) is 8.97. The Kier molecular flexibility index (Phi) is 3.76. The standard InChI is InChI=1S/C10H19NO/c1-9(2)7-11-5-3-10(8-11)4-6-12/h10,12H,1,3-8H2,2H3. The van der Waals surface area contributed by atoms with Crippen molar-refractivity contribution in [1.82, 2.24) is 4.90 Å². The molecule has 1 N–H and O–H groups in total. The monoisotopic (exact) mass is 169 g/mol. The van der Waals surface area contributed by atoms with Crippen molar-refractivity contribution in [3.8, 4) is 0 Å². The molecule has 1 atom stereocenters. The van der Waals surface area contributed by atoms with Crippen LogP contribution in [0.25, 0.3) is 0 Å². The fourth-order valence-electron chi connectivity index (χ4n) is 1.86. The molecule has 0 radical (unpaired) electrons. The maximum Gasteiger partial charge on any atom is 0.0434 e. The molecule has 70 valence electrons. The maximum atomic E-state index is 8.76. The van der Waals surface area contributed by atoms with Gasteiger partial charge >= 0.3 is 0 Å². The molecule has 1 saturated heterocycles. The second-order valence-electron chi connectivity index (χ2n) is 3.86. The van der Waals surface area contributed by atoms with Gasteiger partial charge in [-0.3, -0.25) is 4.90 Å². The van der Waals surface area contributed by atoms with Crippen LogP contribution in [0.5, 0.6) is 0 Å². The molecule has 1 fully saturated rings. The van der Waals surface area contributed by atoms with Crippen LogP contribution < -0.4 is 0 Å². The van der Waals surface area contributed by atoms with Gasteiger partial charge in [-0.15, -0.1) is 0 Å². The number of aliphatic hydroxyl groups is 1. The summed E-state index contributed by atoms with van der Waals surface area (Å²) < 4.78 is 0. The largest absolute Gasteiger partial charge is 0.396 e. The van der Waals surface area contributed by atoms with Gasteiger partial charge < -0.3 is 5.11 Å². The molecule has 1 rings (SSSR count). The van der Waals surface area contributed by atoms with Crippen LogP contribution in [0.4, 0.5) is 0 Å². The highest BCUT2D eigenvalue weighted by Gasteiger charge is 2.21. The highest BCUT2D eigenvalue weighted by Crippen LogP contribution is 2.19. The van der Waals surface area contributed by atoms with Gasteiger partial charge in [0.1, 0.15) is 0 Å². The Morgan fingerprint density at radius 3 is 3.00 bits per heavy atom. The molecule has 0 bridgehead atoms. The average Bonchev–Trinajstić information content (AvgIpc) is 2.36. The molecule has 0 saturated carbocycles. The van der Waals surface area contributed by atoms with Gasteiger partial charge in [-0.1, -0.05) is 12.2 Å². The first kappa shape index (κ1) is 9.75. The molecule has 1 aliphatic heterocycles. The zero-order valence-corrected chi connectivity index (χ0v) is 7.92. The van der Waals surface area contributed by atoms with Crippen LogP contribution in [0, 0.1) is 5.92 Å². The van der Waals surface area contributed by atoms with Gasteiger partial charge in [0.2, 0.25) is 0 Å². The molecule has 0 aliphatic carbocycles. The summed E-state index contributed by atoms with van der Waals surface area (Å²) in [6.45, 7) is 9.66. The van der Waals surface area contributed by atoms with Crippen LogP contribution >= 0.6 is 0 Å². The summed E-state index contributed by atoms with van der Waals surface area (Å²) in [5.41, 5.74) is 1.24. The van der Waals surface area contributed by atoms with E-state index in [1.165, 1.54) is 18.5 Å². The second kappa shape index (κ2) is 4.63. The zero-order valence-electron chi connectivity index (χ0n) is 7.92. The van der Waals surface area contributed by atoms with E-state index in [2.05, 4.69) is 18.4 Å². The third kappa shape index (κ3) is 2.95. The Morgan fingerprint density at radius 2 is 2.42 bits per heavy atom. The van der Waals surface area contributed by atoms with Crippen molar-refractivity contribution >= 4 is 0 Å². The lowest BCUT2D eigenvalue weighted by Gasteiger charge is -2.15. The van der Waals surface area contributed by atoms with E-state index in [9.17, 15) is 0 Å². The van der Waals surface area contributed by atoms with Crippen molar-refractivity contribution in [1.29, 1.82) is 0 Å². The lowest BCUT2D eigenvalue weighted by molar-refractivity contribution is 0.253. The minimum atomic E-state index is 0.339. The predicted octanol–water partition coefficient (Wildman–Crippen LogP) is 1.27. The minimum Gasteiger partial charge on any atom is -0.396 e. The molecule has 2 heteroatoms. The number of likely N-dealkylation sites (tertiary alicyclic amines) is 1. The van der Waals surface area contributed by atoms with E-state index in [0.29, 0.717) is 12.5 Å². The molecular weight excluding hydrogens is 150 g/mol. The highest BCUT2D eigenvalue weighted by molar-refractivity contribution is 4.93. The molecular formula is C10H19NO. The molecule has 1 heterocycles. The maximum absolute atomic E-state index is 8.76. The Hall–Kier alpha value is -0.340. The fourth-order valence-corrected chi connectivity index (χ4v) is 1.86. The number of hydrogen-bond acceptors (Lipinski definition) is 2. The van der Waals surface area contributed by atoms with E-state index in [4.69, 9.17) is 5.11 Å². The average molecular weight is 169 g/mol. The van der Waals surface area contributed by atoms with E-state index < -0.39 is 0 Å². The SMILES string of the molecule is C=C(C)CN1CCC(CCO)C1. The van der Waals surface area contributed by atoms with Crippen molar-refractivity contribution in [2.45, 2.75) is 19.8 Å². The summed E-state index contributed by atoms with van der Waals surface area (Å²) in [5, 5.41) is 8.76. The molecule has 0 aromatic rings. The summed E-state index contributed by atoms with van der Waals surface area (Å²) in [7, 11) is 0. The summed E-state index contributed by atoms with van der Waals surface area (Å²) in [4.78, 5) is 2.42. The summed E-state index contributed by atoms with van der Waals surface area (Å²) in [5.74, 6) is 0.717. The minimum absolute atomic E-state index is 0.339. The Labute approximate surface area is 74.9 Å². The summed E-state index contributed by atoms with van der Waals surface area (Å²) in [6, 6.07) is 0. The van der Waals surface area contributed by atoms with E-state index in [1.54, 1.807) is 0 Å². The van der Waals surface area contributed by atoms with Gasteiger partial charge in [-0.25, -0.2) is 0 Å². The van der Waals surface area contributed by atoms with E-state index >= 15 is 0 Å². The predicted molar refractivity (Wildman–Crippen MR) is 51.1 cm³/mol. The molecule has 2 nitrogen and oxygen atoms in total. The number of hydrogen-bond donors (Lipinski definition) is 1. The highest BCUT2D eigenvalue weighted by atomic mass is 16.3. The van der Waals surface area contributed by atoms with Crippen molar-refractivity contribution in [2.75, 3.05) is 26.2 Å². The van der Waals surface area contributed by atoms with Gasteiger partial charge in [-0.2, -0.15) is 0 Å². The van der Waals surface area contributed by atoms with Crippen LogP contribution in [0.2, 0.25) is 0 Å². The van der Waals surface area contributed by atoms with Crippen LogP contribution in [0.3, 0.4) is 0 Å². The normalized spacial score (nSPS) is 24.7. The quantitative estimate of drug-likeness (QED) is 0.641. The Bertz CT molecular complexity index is 156. The first-order valence-electron chi connectivity index (χ1n) is 4.70. The second-order valence-corrected chi connectivity index (χ2v) is 3.86. The van der Waals surface area contributed by atoms with Gasteiger partial charge in [-0.05, 0) is 32.2 Å². The van der Waals surface area contributed by atoms with Crippen LogP contribution in [0.1, 0.15) is 19.8 Å². The van der Waals surface area contributed by atoms with E-state index in [-0.39, 0.29) is 0 Å². The third-order valence-corrected chi connectivity index (χ3v) is 2.40. The topological polar surface area (TPSA) is 23.5 Å². The summed E-state index contributed by atoms with van der Waals surface area (Å²) >= 11 is 0. The van der Waals surface area contributed by atoms with E-state index in [0.717, 1.165) is 19.5 Å². The Morgan fingerprint density at radius 1 is 1.67 bits per heavy atom. The molecule has 1 unspecified atom stereocenters. The number of rotatable bonds is 4. The lowest BCUT2D eigenvalue weighted by atomic mass is 10.1. The third-order valence-electron chi connectivity index (χ3n) is 2.40. The molecule has 0 aromatic heterocycles. The van der Waals surface area contributed by atoms with Crippen molar-refractivity contribution in [3.05, 3.63) is 12.2 Å². The van der Waals surface area contributed by atoms with Crippen molar-refractivity contribution in [2.24, 2.45) is 5.92 Å². The van der Waals surface area contributed by atoms with Gasteiger partial charge in [0.05, 0.1) is 0 Å². The Balaban J connectivity index is 2.21. The molecule has 0 spiro atoms. The first-order chi connectivity index (χ1) is 5.72. The summed E-state index contributed by atoms with van der Waals surface area (Å²) in [6.07, 6.45) is 2.21. The van der Waals surface area contributed by atoms with Gasteiger partial charge in [0, 0.05) is 19.7 Å². The van der Waals surface area contributed by atoms with Gasteiger partial charge in [0.25, 0.3) is 0 Å². The molecule has 0 aromatic carbocycles. The van der Waals surface area contributed by atoms with Crippen molar-refractivity contribution < 1.29 is 5.11 Å². The van der Waals surface area contributed by atoms with E-state index in [1.807, 2.05) is 0 Å². The van der Waals surface area contributed by atoms with Crippen molar-refractivity contribution in [3.63, 3.8) is 0 Å². The molecule has 1 aliphatic rings. The fraction of sp³-hybridized carbons (Fsp3) is 0.800. The van der Waals surface area contributed by atoms with Crippen LogP contribution in [-0.4, -0.2) is 36.2 Å². The van der Waals surface area contributed by atoms with Crippen LogP contribution in [0.15, 0.2) is 12.2 Å². The van der Waals surface area contributed by atoms with Crippen LogP contribution in [-0.2, 0) is 0 Å². The number of nitrogens with zero attached hydrogens (tertiary/aromatic N) is 1. The smallest absolute Gasteiger partial charge is 0.0434 e. The molecule has 0 amide bonds. The van der Waals surface area contributed by atoms with Gasteiger partial charge in [0.15, 0.2) is 0 Å². The first-order valence-corrected chi connectivity index (χ1v) is 4.70. The lowest BCUT2D eigenvalue weighted by Crippen LogP contribution is -2.22. The number of aliphatic hydroxyl groups excluding tert-OH is 1. The molecule has 12 heavy (non-hydrogen) atoms.